The van der Waals surface area contributed by atoms with Crippen LogP contribution in [0.2, 0.25) is 0 Å². The van der Waals surface area contributed by atoms with Gasteiger partial charge in [-0.2, -0.15) is 5.10 Å². The van der Waals surface area contributed by atoms with Crippen molar-refractivity contribution in [2.24, 2.45) is 10.7 Å². The number of nitrogens with zero attached hydrogens (tertiary/aromatic N) is 3. The topological polar surface area (TPSA) is 77.5 Å². The van der Waals surface area contributed by atoms with Gasteiger partial charge in [-0.15, -0.1) is 0 Å². The van der Waals surface area contributed by atoms with Gasteiger partial charge in [0.1, 0.15) is 0 Å². The maximum absolute atomic E-state index is 5.92. The van der Waals surface area contributed by atoms with Gasteiger partial charge in [0, 0.05) is 13.3 Å². The van der Waals surface area contributed by atoms with E-state index < -0.39 is 0 Å². The molecule has 0 bridgehead atoms. The van der Waals surface area contributed by atoms with E-state index in [-0.39, 0.29) is 0 Å². The summed E-state index contributed by atoms with van der Waals surface area (Å²) in [6.07, 6.45) is 9.80. The first kappa shape index (κ1) is 13.9. The van der Waals surface area contributed by atoms with Crippen LogP contribution in [0.5, 0.6) is 0 Å². The van der Waals surface area contributed by atoms with Gasteiger partial charge in [-0.3, -0.25) is 4.68 Å². The lowest BCUT2D eigenvalue weighted by Crippen LogP contribution is -2.25. The number of methoxy groups -OCH3 is 1. The van der Waals surface area contributed by atoms with Crippen LogP contribution in [0.25, 0.3) is 0 Å². The number of hydrogen-bond donors (Lipinski definition) is 2. The second-order valence-electron chi connectivity index (χ2n) is 4.92. The van der Waals surface area contributed by atoms with Gasteiger partial charge in [0.2, 0.25) is 0 Å². The first-order chi connectivity index (χ1) is 9.28. The van der Waals surface area contributed by atoms with Crippen LogP contribution in [0.4, 0.5) is 5.69 Å². The van der Waals surface area contributed by atoms with E-state index in [2.05, 4.69) is 15.4 Å². The minimum atomic E-state index is 0.379. The van der Waals surface area contributed by atoms with Crippen molar-refractivity contribution in [3.63, 3.8) is 0 Å². The molecule has 0 radical (unpaired) electrons. The molecule has 1 heterocycles. The highest BCUT2D eigenvalue weighted by Crippen LogP contribution is 2.20. The Morgan fingerprint density at radius 3 is 3.05 bits per heavy atom. The Morgan fingerprint density at radius 2 is 2.32 bits per heavy atom. The van der Waals surface area contributed by atoms with Crippen molar-refractivity contribution in [1.82, 2.24) is 9.78 Å². The summed E-state index contributed by atoms with van der Waals surface area (Å²) in [5.41, 5.74) is 6.79. The molecule has 6 nitrogen and oxygen atoms in total. The quantitative estimate of drug-likeness (QED) is 0.626. The fourth-order valence-corrected chi connectivity index (χ4v) is 2.32. The van der Waals surface area contributed by atoms with E-state index in [0.717, 1.165) is 25.1 Å². The number of anilines is 1. The first-order valence-electron chi connectivity index (χ1n) is 6.89. The number of nitrogens with two attached hydrogens (primary N) is 1. The Labute approximate surface area is 114 Å². The molecule has 19 heavy (non-hydrogen) atoms. The number of aromatic nitrogens is 2. The van der Waals surface area contributed by atoms with E-state index in [0.29, 0.717) is 18.6 Å². The van der Waals surface area contributed by atoms with E-state index in [1.165, 1.54) is 19.3 Å². The van der Waals surface area contributed by atoms with Crippen molar-refractivity contribution < 1.29 is 4.74 Å². The summed E-state index contributed by atoms with van der Waals surface area (Å²) in [5.74, 6) is 0.484. The van der Waals surface area contributed by atoms with Gasteiger partial charge in [-0.25, -0.2) is 4.99 Å². The van der Waals surface area contributed by atoms with Crippen LogP contribution in [0.3, 0.4) is 0 Å². The zero-order valence-corrected chi connectivity index (χ0v) is 11.5. The Morgan fingerprint density at radius 1 is 1.53 bits per heavy atom. The maximum atomic E-state index is 5.92. The monoisotopic (exact) mass is 265 g/mol. The van der Waals surface area contributed by atoms with Crippen LogP contribution in [0, 0.1) is 0 Å². The van der Waals surface area contributed by atoms with E-state index in [9.17, 15) is 0 Å². The molecule has 3 N–H and O–H groups in total. The highest BCUT2D eigenvalue weighted by Gasteiger charge is 2.12. The number of guanidine groups is 1. The normalized spacial score (nSPS) is 17.6. The van der Waals surface area contributed by atoms with Gasteiger partial charge in [0.05, 0.1) is 31.1 Å². The maximum Gasteiger partial charge on any atom is 0.193 e. The third kappa shape index (κ3) is 4.55. The predicted molar refractivity (Wildman–Crippen MR) is 76.2 cm³/mol. The van der Waals surface area contributed by atoms with Gasteiger partial charge >= 0.3 is 0 Å². The van der Waals surface area contributed by atoms with Crippen molar-refractivity contribution in [3.8, 4) is 0 Å². The lowest BCUT2D eigenvalue weighted by Gasteiger charge is -2.18. The van der Waals surface area contributed by atoms with E-state index in [4.69, 9.17) is 10.5 Å². The number of ether oxygens (including phenoxy) is 1. The van der Waals surface area contributed by atoms with E-state index in [1.807, 2.05) is 10.9 Å². The van der Waals surface area contributed by atoms with Crippen molar-refractivity contribution in [2.75, 3.05) is 19.0 Å². The molecule has 1 fully saturated rings. The highest BCUT2D eigenvalue weighted by molar-refractivity contribution is 5.92. The molecule has 6 heteroatoms. The SMILES string of the molecule is COCCn1cc(NC(N)=NC2CCCCC2)cn1. The van der Waals surface area contributed by atoms with Crippen molar-refractivity contribution in [2.45, 2.75) is 44.7 Å². The molecule has 1 aromatic rings. The number of aliphatic imine (C=N–C) groups is 1. The zero-order chi connectivity index (χ0) is 13.5. The number of hydrogen-bond acceptors (Lipinski definition) is 3. The van der Waals surface area contributed by atoms with Crippen molar-refractivity contribution in [3.05, 3.63) is 12.4 Å². The Hall–Kier alpha value is -1.56. The first-order valence-corrected chi connectivity index (χ1v) is 6.89. The zero-order valence-electron chi connectivity index (χ0n) is 11.5. The summed E-state index contributed by atoms with van der Waals surface area (Å²) >= 11 is 0. The average molecular weight is 265 g/mol. The molecule has 0 unspecified atom stereocenters. The van der Waals surface area contributed by atoms with Crippen LogP contribution in [-0.4, -0.2) is 35.5 Å². The summed E-state index contributed by atoms with van der Waals surface area (Å²) < 4.78 is 6.83. The summed E-state index contributed by atoms with van der Waals surface area (Å²) in [4.78, 5) is 4.52. The smallest absolute Gasteiger partial charge is 0.193 e. The molecule has 2 rings (SSSR count). The van der Waals surface area contributed by atoms with Gasteiger partial charge in [0.25, 0.3) is 0 Å². The molecule has 0 aromatic carbocycles. The average Bonchev–Trinajstić information content (AvgIpc) is 2.85. The molecular weight excluding hydrogens is 242 g/mol. The largest absolute Gasteiger partial charge is 0.383 e. The number of nitrogens with one attached hydrogen (secondary N) is 1. The van der Waals surface area contributed by atoms with Gasteiger partial charge < -0.3 is 15.8 Å². The van der Waals surface area contributed by atoms with E-state index in [1.54, 1.807) is 13.3 Å². The van der Waals surface area contributed by atoms with E-state index >= 15 is 0 Å². The van der Waals surface area contributed by atoms with Crippen LogP contribution in [-0.2, 0) is 11.3 Å². The van der Waals surface area contributed by atoms with Crippen LogP contribution >= 0.6 is 0 Å². The minimum absolute atomic E-state index is 0.379. The van der Waals surface area contributed by atoms with Crippen molar-refractivity contribution in [1.29, 1.82) is 0 Å². The highest BCUT2D eigenvalue weighted by atomic mass is 16.5. The van der Waals surface area contributed by atoms with Crippen LogP contribution < -0.4 is 11.1 Å². The molecule has 0 atom stereocenters. The summed E-state index contributed by atoms with van der Waals surface area (Å²) in [6.45, 7) is 1.38. The number of rotatable bonds is 5. The third-order valence-electron chi connectivity index (χ3n) is 3.33. The molecule has 1 aromatic heterocycles. The summed E-state index contributed by atoms with van der Waals surface area (Å²) in [5, 5.41) is 7.31. The van der Waals surface area contributed by atoms with Gasteiger partial charge in [-0.1, -0.05) is 19.3 Å². The lowest BCUT2D eigenvalue weighted by molar-refractivity contribution is 0.183. The minimum Gasteiger partial charge on any atom is -0.383 e. The summed E-state index contributed by atoms with van der Waals surface area (Å²) in [6, 6.07) is 0.379. The molecule has 1 saturated carbocycles. The fraction of sp³-hybridized carbons (Fsp3) is 0.692. The molecule has 0 saturated heterocycles. The molecule has 1 aliphatic rings. The molecule has 106 valence electrons. The second-order valence-corrected chi connectivity index (χ2v) is 4.92. The molecule has 0 amide bonds. The molecule has 1 aliphatic carbocycles. The second kappa shape index (κ2) is 7.13. The standard InChI is InChI=1S/C13H23N5O/c1-19-8-7-18-10-12(9-15-18)17-13(14)16-11-5-3-2-4-6-11/h9-11H,2-8H2,1H3,(H3,14,16,17). The Balaban J connectivity index is 1.85. The van der Waals surface area contributed by atoms with Crippen LogP contribution in [0.15, 0.2) is 17.4 Å². The van der Waals surface area contributed by atoms with Crippen molar-refractivity contribution >= 4 is 11.6 Å². The predicted octanol–water partition coefficient (Wildman–Crippen LogP) is 1.59. The molecule has 0 spiro atoms. The third-order valence-corrected chi connectivity index (χ3v) is 3.33. The Kier molecular flexibility index (Phi) is 5.20. The molecule has 0 aliphatic heterocycles. The molecular formula is C13H23N5O. The van der Waals surface area contributed by atoms with Gasteiger partial charge in [0.15, 0.2) is 5.96 Å². The summed E-state index contributed by atoms with van der Waals surface area (Å²) in [7, 11) is 1.68. The lowest BCUT2D eigenvalue weighted by atomic mass is 9.96. The van der Waals surface area contributed by atoms with Crippen LogP contribution in [0.1, 0.15) is 32.1 Å². The Bertz CT molecular complexity index is 409. The fourth-order valence-electron chi connectivity index (χ4n) is 2.32. The van der Waals surface area contributed by atoms with Gasteiger partial charge in [-0.05, 0) is 12.8 Å².